The summed E-state index contributed by atoms with van der Waals surface area (Å²) in [5.74, 6) is -7.01. The summed E-state index contributed by atoms with van der Waals surface area (Å²) in [5.41, 5.74) is 4.54. The molecule has 0 spiro atoms. The second-order valence-corrected chi connectivity index (χ2v) is 29.7. The fourth-order valence-electron chi connectivity index (χ4n) is 16.4. The molecule has 5 aliphatic rings. The first-order valence-corrected chi connectivity index (χ1v) is 38.8. The van der Waals surface area contributed by atoms with E-state index in [2.05, 4.69) is 24.3 Å². The zero-order chi connectivity index (χ0) is 89.3. The van der Waals surface area contributed by atoms with E-state index in [1.165, 1.54) is 118 Å². The third kappa shape index (κ3) is 15.1. The number of carbonyl (C=O) groups is 8. The van der Waals surface area contributed by atoms with Crippen LogP contribution in [0.4, 0.5) is 0 Å². The molecular formula is C99H62N12O16Zn2. The van der Waals surface area contributed by atoms with Gasteiger partial charge in [-0.15, -0.1) is 44.1 Å². The molecule has 10 heterocycles. The van der Waals surface area contributed by atoms with Crippen LogP contribution in [0.2, 0.25) is 0 Å². The minimum atomic E-state index is -1.15. The molecule has 12 aromatic rings. The number of benzene rings is 6. The number of fused-ring (bicyclic) bond motifs is 19. The average Bonchev–Trinajstić information content (AvgIpc) is 1.57. The van der Waals surface area contributed by atoms with Crippen LogP contribution in [0.1, 0.15) is 134 Å². The summed E-state index contributed by atoms with van der Waals surface area (Å²) in [5, 5.41) is 40.5. The zero-order valence-corrected chi connectivity index (χ0v) is 76.2. The van der Waals surface area contributed by atoms with Crippen LogP contribution in [0.15, 0.2) is 170 Å². The predicted molar refractivity (Wildman–Crippen MR) is 465 cm³/mol. The summed E-state index contributed by atoms with van der Waals surface area (Å²) in [6.45, 7) is 3.91. The molecule has 618 valence electrons. The second-order valence-electron chi connectivity index (χ2n) is 29.7. The first-order chi connectivity index (χ1) is 61.4. The second kappa shape index (κ2) is 34.9. The van der Waals surface area contributed by atoms with Crippen molar-refractivity contribution in [3.8, 4) is 102 Å². The SMILES string of the molecule is COC(=O)C1=Cc2nc1cc1[n-]c(cc1C(=O)OC)c(-c1ccc(C#N)cc1)c1nc(c(-c3ccc4c(c3)C(C)(C)c3cc(-c5c6nc(c(-c7ccc(C#N)cc7)c7cc(C(=O)OC)c(cc8nc(c(-c9ccc(C#N)cc9)c9cc(C(=O)OC)c5[n-]9)C=C8C(=O)OC)[n-]7)C=C6C(=O)OC)ccc3-4)c3[n-]c(cc3C(=O)OC)c2-c2ccc(C#N)cc2)C(C(=O)OC)=C1.[Zn+2].[Zn+2]. The van der Waals surface area contributed by atoms with Crippen LogP contribution in [0, 0.1) is 45.3 Å². The van der Waals surface area contributed by atoms with E-state index in [-0.39, 0.29) is 229 Å². The number of carbonyl (C=O) groups excluding carboxylic acids is 8. The van der Waals surface area contributed by atoms with Crippen molar-refractivity contribution in [2.75, 3.05) is 56.9 Å². The number of aromatic nitrogens is 8. The Labute approximate surface area is 759 Å². The number of nitriles is 4. The number of ether oxygens (including phenoxy) is 8. The average molecular weight is 1810 g/mol. The Morgan fingerprint density at radius 2 is 0.543 bits per heavy atom. The Kier molecular flexibility index (Phi) is 23.6. The molecular weight excluding hydrogens is 1740 g/mol. The first-order valence-electron chi connectivity index (χ1n) is 38.8. The minimum absolute atomic E-state index is 0. The van der Waals surface area contributed by atoms with E-state index >= 15 is 19.2 Å². The summed E-state index contributed by atoms with van der Waals surface area (Å²) in [4.78, 5) is 159. The Balaban J connectivity index is 0.00000639. The van der Waals surface area contributed by atoms with Crippen LogP contribution < -0.4 is 19.9 Å². The van der Waals surface area contributed by atoms with Crippen LogP contribution in [0.5, 0.6) is 0 Å². The van der Waals surface area contributed by atoms with E-state index < -0.39 is 53.2 Å². The van der Waals surface area contributed by atoms with E-state index in [9.17, 15) is 40.2 Å². The van der Waals surface area contributed by atoms with Crippen LogP contribution in [-0.4, -0.2) is 125 Å². The van der Waals surface area contributed by atoms with Crippen molar-refractivity contribution in [2.24, 2.45) is 0 Å². The van der Waals surface area contributed by atoms with Crippen molar-refractivity contribution in [3.63, 3.8) is 0 Å². The Morgan fingerprint density at radius 3 is 0.837 bits per heavy atom. The Morgan fingerprint density at radius 1 is 0.287 bits per heavy atom. The molecule has 0 fully saturated rings. The molecule has 0 unspecified atom stereocenters. The monoisotopic (exact) mass is 1800 g/mol. The van der Waals surface area contributed by atoms with Crippen LogP contribution in [0.25, 0.3) is 169 Å². The molecule has 6 aromatic heterocycles. The molecule has 0 saturated heterocycles. The molecule has 17 rings (SSSR count). The van der Waals surface area contributed by atoms with Gasteiger partial charge in [-0.3, -0.25) is 0 Å². The largest absolute Gasteiger partial charge is 2.00 e. The summed E-state index contributed by atoms with van der Waals surface area (Å²) in [6.07, 6.45) is 5.83. The summed E-state index contributed by atoms with van der Waals surface area (Å²) < 4.78 is 44.0. The molecule has 0 saturated carbocycles. The van der Waals surface area contributed by atoms with Gasteiger partial charge in [-0.05, 0) is 186 Å². The number of hydrogen-bond donors (Lipinski definition) is 0. The van der Waals surface area contributed by atoms with Crippen molar-refractivity contribution in [2.45, 2.75) is 19.3 Å². The summed E-state index contributed by atoms with van der Waals surface area (Å²) in [6, 6.07) is 53.7. The molecule has 28 nitrogen and oxygen atoms in total. The first kappa shape index (κ1) is 87.4. The topological polar surface area (TPSA) is 414 Å². The number of methoxy groups -OCH3 is 8. The number of esters is 8. The van der Waals surface area contributed by atoms with E-state index in [0.717, 1.165) is 0 Å². The molecule has 16 bridgehead atoms. The maximum absolute atomic E-state index is 15.1. The molecule has 0 atom stereocenters. The normalized spacial score (nSPS) is 12.3. The molecule has 0 radical (unpaired) electrons. The van der Waals surface area contributed by atoms with E-state index in [4.69, 9.17) is 77.8 Å². The smallest absolute Gasteiger partial charge is 0.657 e. The molecule has 6 aromatic carbocycles. The zero-order valence-electron chi connectivity index (χ0n) is 70.3. The standard InChI is InChI=1S/C99H65N12O16.2Zn/c1-99(2)67-31-55(85-87-63(95(116)124-7)37-77(108-87)81(51-19-11-47(43-100)12-20-51)73-33-59(91(112)120-3)69(104-73)41-70-60(92(113)121-4)34-74(105-70)82(52-21-13-48(44-101)14-22-52)78-38-64(88(85)109-78)96(117)125-8)27-29-57(67)58-30-28-56(32-68(58)99)86-89-65(97(118)126-9)39-79(110-89)83(53-23-15-49(45-102)16-24-53)75-35-61(93(114)122-5)71(106-75)42-72-62(94(115)123-6)36-76(107-72)84(54-25-17-50(46-103)18-26-54)80-40-66(90(86)111-80)98(119)127-10;;/h11-42H,1-10H3,(H3-,104,105,106,107,108,109,110,111,112,113,114,115,116,117,118,119);;/q-1;2*+2/p-3. The number of rotatable bonds is 14. The molecule has 30 heteroatoms. The fraction of sp³-hybridized carbons (Fsp3) is 0.111. The molecule has 1 aliphatic carbocycles. The van der Waals surface area contributed by atoms with Gasteiger partial charge in [0.2, 0.25) is 0 Å². The van der Waals surface area contributed by atoms with Gasteiger partial charge in [-0.1, -0.05) is 111 Å². The Hall–Kier alpha value is -16.5. The molecule has 4 aliphatic heterocycles. The van der Waals surface area contributed by atoms with Crippen molar-refractivity contribution >= 4 is 138 Å². The van der Waals surface area contributed by atoms with Crippen molar-refractivity contribution in [1.29, 1.82) is 21.0 Å². The summed E-state index contributed by atoms with van der Waals surface area (Å²) >= 11 is 0. The van der Waals surface area contributed by atoms with E-state index in [0.29, 0.717) is 55.6 Å². The Bertz CT molecular complexity index is 7110. The van der Waals surface area contributed by atoms with Crippen molar-refractivity contribution < 1.29 is 115 Å². The van der Waals surface area contributed by atoms with Crippen LogP contribution in [0.3, 0.4) is 0 Å². The maximum Gasteiger partial charge on any atom is 2.00 e. The van der Waals surface area contributed by atoms with E-state index in [1.807, 2.05) is 38.1 Å². The van der Waals surface area contributed by atoms with Crippen LogP contribution >= 0.6 is 0 Å². The van der Waals surface area contributed by atoms with Gasteiger partial charge < -0.3 is 57.8 Å². The van der Waals surface area contributed by atoms with Crippen LogP contribution in [-0.2, 0) is 101 Å². The quantitative estimate of drug-likeness (QED) is 0.0554. The van der Waals surface area contributed by atoms with Gasteiger partial charge in [0.1, 0.15) is 0 Å². The van der Waals surface area contributed by atoms with Gasteiger partial charge in [0.15, 0.2) is 0 Å². The summed E-state index contributed by atoms with van der Waals surface area (Å²) in [7, 11) is 9.45. The van der Waals surface area contributed by atoms with Gasteiger partial charge in [-0.2, -0.15) is 21.0 Å². The maximum atomic E-state index is 15.1. The molecule has 0 N–H and O–H groups in total. The minimum Gasteiger partial charge on any atom is -0.657 e. The third-order valence-electron chi connectivity index (χ3n) is 22.5. The van der Waals surface area contributed by atoms with E-state index in [1.54, 1.807) is 109 Å². The molecule has 0 amide bonds. The molecule has 129 heavy (non-hydrogen) atoms. The van der Waals surface area contributed by atoms with Crippen molar-refractivity contribution in [1.82, 2.24) is 39.9 Å². The predicted octanol–water partition coefficient (Wildman–Crippen LogP) is 15.3. The third-order valence-corrected chi connectivity index (χ3v) is 22.5. The van der Waals surface area contributed by atoms with Gasteiger partial charge >= 0.3 is 86.7 Å². The van der Waals surface area contributed by atoms with Gasteiger partial charge in [-0.25, -0.2) is 58.3 Å². The fourth-order valence-corrected chi connectivity index (χ4v) is 16.4. The van der Waals surface area contributed by atoms with Crippen molar-refractivity contribution in [3.05, 3.63) is 271 Å². The van der Waals surface area contributed by atoms with Gasteiger partial charge in [0.05, 0.1) is 171 Å². The number of nitrogens with zero attached hydrogens (tertiary/aromatic N) is 12. The van der Waals surface area contributed by atoms with Gasteiger partial charge in [0.25, 0.3) is 0 Å². The van der Waals surface area contributed by atoms with Gasteiger partial charge in [0, 0.05) is 27.7 Å². The number of hydrogen-bond acceptors (Lipinski definition) is 24.